The predicted octanol–water partition coefficient (Wildman–Crippen LogP) is 0.773. The monoisotopic (exact) mass is 222 g/mol. The summed E-state index contributed by atoms with van der Waals surface area (Å²) in [6.45, 7) is 1.91. The molecule has 1 N–H and O–H groups in total. The van der Waals surface area contributed by atoms with Gasteiger partial charge in [0.15, 0.2) is 0 Å². The zero-order valence-electron chi connectivity index (χ0n) is 9.03. The standard InChI is InChI=1S/C9H14NO2P.Na/c1-7-4-5-8(10(2)3)9(6-7)13(11)12;/h4-6,13H,1-3H3,(H,11,12);. The van der Waals surface area contributed by atoms with Crippen molar-refractivity contribution in [3.63, 3.8) is 0 Å². The van der Waals surface area contributed by atoms with Crippen LogP contribution in [0.5, 0.6) is 0 Å². The van der Waals surface area contributed by atoms with Crippen LogP contribution in [0, 0.1) is 6.92 Å². The van der Waals surface area contributed by atoms with Crippen LogP contribution in [0.4, 0.5) is 5.69 Å². The third-order valence-electron chi connectivity index (χ3n) is 1.86. The zero-order chi connectivity index (χ0) is 10.0. The maximum Gasteiger partial charge on any atom is 0.220 e. The molecule has 3 nitrogen and oxygen atoms in total. The molecule has 0 aliphatic rings. The van der Waals surface area contributed by atoms with E-state index in [4.69, 9.17) is 4.89 Å². The van der Waals surface area contributed by atoms with Crippen LogP contribution < -0.4 is 10.2 Å². The van der Waals surface area contributed by atoms with Crippen LogP contribution in [-0.2, 0) is 4.57 Å². The molecule has 0 fully saturated rings. The number of nitrogens with zero attached hydrogens (tertiary/aromatic N) is 1. The van der Waals surface area contributed by atoms with Crippen LogP contribution in [0.1, 0.15) is 5.56 Å². The first-order valence-electron chi connectivity index (χ1n) is 4.03. The Morgan fingerprint density at radius 3 is 2.36 bits per heavy atom. The fourth-order valence-electron chi connectivity index (χ4n) is 1.21. The summed E-state index contributed by atoms with van der Waals surface area (Å²) >= 11 is 0. The van der Waals surface area contributed by atoms with Crippen molar-refractivity contribution in [1.82, 2.24) is 0 Å². The van der Waals surface area contributed by atoms with Crippen molar-refractivity contribution in [2.45, 2.75) is 6.92 Å². The van der Waals surface area contributed by atoms with Gasteiger partial charge in [0, 0.05) is 49.3 Å². The van der Waals surface area contributed by atoms with Gasteiger partial charge in [-0.25, -0.2) is 0 Å². The summed E-state index contributed by atoms with van der Waals surface area (Å²) in [5, 5.41) is 0.537. The van der Waals surface area contributed by atoms with E-state index in [2.05, 4.69) is 0 Å². The first-order valence-corrected chi connectivity index (χ1v) is 5.39. The van der Waals surface area contributed by atoms with Gasteiger partial charge in [-0.05, 0) is 19.1 Å². The zero-order valence-corrected chi connectivity index (χ0v) is 12.0. The van der Waals surface area contributed by atoms with Crippen molar-refractivity contribution in [3.05, 3.63) is 23.8 Å². The van der Waals surface area contributed by atoms with Crippen molar-refractivity contribution in [3.8, 4) is 0 Å². The van der Waals surface area contributed by atoms with E-state index in [9.17, 15) is 4.57 Å². The van der Waals surface area contributed by atoms with E-state index in [0.29, 0.717) is 5.30 Å². The second-order valence-corrected chi connectivity index (χ2v) is 4.37. The van der Waals surface area contributed by atoms with E-state index in [1.54, 1.807) is 6.07 Å². The summed E-state index contributed by atoms with van der Waals surface area (Å²) in [4.78, 5) is 10.9. The molecule has 1 unspecified atom stereocenters. The van der Waals surface area contributed by atoms with Crippen molar-refractivity contribution in [2.75, 3.05) is 19.0 Å². The first kappa shape index (κ1) is 14.2. The summed E-state index contributed by atoms with van der Waals surface area (Å²) in [5.41, 5.74) is 1.82. The van der Waals surface area contributed by atoms with E-state index >= 15 is 0 Å². The number of aryl methyl sites for hydroxylation is 1. The molecule has 1 radical (unpaired) electrons. The molecule has 0 aromatic heterocycles. The quantitative estimate of drug-likeness (QED) is 0.593. The van der Waals surface area contributed by atoms with Crippen LogP contribution in [0.25, 0.3) is 0 Å². The van der Waals surface area contributed by atoms with Gasteiger partial charge in [-0.15, -0.1) is 0 Å². The largest absolute Gasteiger partial charge is 0.377 e. The minimum Gasteiger partial charge on any atom is -0.377 e. The Bertz CT molecular complexity index is 342. The molecule has 14 heavy (non-hydrogen) atoms. The molecule has 5 heteroatoms. The smallest absolute Gasteiger partial charge is 0.220 e. The average molecular weight is 222 g/mol. The maximum absolute atomic E-state index is 11.0. The summed E-state index contributed by atoms with van der Waals surface area (Å²) < 4.78 is 11.0. The van der Waals surface area contributed by atoms with Gasteiger partial charge in [-0.1, -0.05) is 11.6 Å². The number of benzene rings is 1. The molecule has 0 heterocycles. The molecule has 1 aromatic rings. The minimum absolute atomic E-state index is 0. The summed E-state index contributed by atoms with van der Waals surface area (Å²) in [6.07, 6.45) is 0. The summed E-state index contributed by atoms with van der Waals surface area (Å²) in [6, 6.07) is 5.56. The molecule has 1 rings (SSSR count). The van der Waals surface area contributed by atoms with Gasteiger partial charge >= 0.3 is 0 Å². The Labute approximate surface area is 107 Å². The fourth-order valence-corrected chi connectivity index (χ4v) is 2.09. The molecule has 1 aromatic carbocycles. The molecule has 73 valence electrons. The normalized spacial score (nSPS) is 11.7. The first-order chi connectivity index (χ1) is 6.02. The summed E-state index contributed by atoms with van der Waals surface area (Å²) in [7, 11) is 1.12. The number of hydrogen-bond acceptors (Lipinski definition) is 2. The minimum atomic E-state index is -2.60. The topological polar surface area (TPSA) is 40.5 Å². The molecule has 0 spiro atoms. The van der Waals surface area contributed by atoms with Gasteiger partial charge in [0.25, 0.3) is 0 Å². The summed E-state index contributed by atoms with van der Waals surface area (Å²) in [5.74, 6) is 0. The van der Waals surface area contributed by atoms with Crippen LogP contribution in [0.2, 0.25) is 0 Å². The molecule has 0 aliphatic carbocycles. The number of rotatable bonds is 2. The van der Waals surface area contributed by atoms with Crippen LogP contribution in [0.3, 0.4) is 0 Å². The van der Waals surface area contributed by atoms with Crippen LogP contribution >= 0.6 is 8.03 Å². The Kier molecular flexibility index (Phi) is 6.03. The molecular formula is C9H14NNaO2P. The van der Waals surface area contributed by atoms with Crippen molar-refractivity contribution in [1.29, 1.82) is 0 Å². The van der Waals surface area contributed by atoms with Gasteiger partial charge < -0.3 is 9.79 Å². The second kappa shape index (κ2) is 5.94. The molecule has 0 bridgehead atoms. The molecule has 0 saturated carbocycles. The third kappa shape index (κ3) is 3.41. The van der Waals surface area contributed by atoms with Crippen LogP contribution in [0.15, 0.2) is 18.2 Å². The van der Waals surface area contributed by atoms with Gasteiger partial charge in [0.2, 0.25) is 8.03 Å². The fraction of sp³-hybridized carbons (Fsp3) is 0.333. The van der Waals surface area contributed by atoms with Gasteiger partial charge in [0.1, 0.15) is 0 Å². The SMILES string of the molecule is Cc1ccc(N(C)C)c([PH](=O)O)c1.[Na]. The van der Waals surface area contributed by atoms with Gasteiger partial charge in [-0.3, -0.25) is 4.57 Å². The molecule has 1 atom stereocenters. The Morgan fingerprint density at radius 2 is 1.93 bits per heavy atom. The molecule has 0 saturated heterocycles. The van der Waals surface area contributed by atoms with E-state index in [0.717, 1.165) is 11.3 Å². The van der Waals surface area contributed by atoms with Crippen molar-refractivity contribution < 1.29 is 9.46 Å². The Morgan fingerprint density at radius 1 is 1.36 bits per heavy atom. The van der Waals surface area contributed by atoms with E-state index < -0.39 is 8.03 Å². The molecule has 0 aliphatic heterocycles. The predicted molar refractivity (Wildman–Crippen MR) is 62.1 cm³/mol. The second-order valence-electron chi connectivity index (χ2n) is 3.22. The number of hydrogen-bond donors (Lipinski definition) is 1. The Balaban J connectivity index is 0.00000169. The van der Waals surface area contributed by atoms with Crippen molar-refractivity contribution >= 4 is 48.6 Å². The van der Waals surface area contributed by atoms with Crippen LogP contribution in [-0.4, -0.2) is 48.5 Å². The van der Waals surface area contributed by atoms with Gasteiger partial charge in [-0.2, -0.15) is 0 Å². The third-order valence-corrected chi connectivity index (χ3v) is 2.73. The average Bonchev–Trinajstić information content (AvgIpc) is 2.03. The molecular weight excluding hydrogens is 208 g/mol. The van der Waals surface area contributed by atoms with E-state index in [1.165, 1.54) is 0 Å². The van der Waals surface area contributed by atoms with E-state index in [1.807, 2.05) is 38.1 Å². The van der Waals surface area contributed by atoms with Crippen molar-refractivity contribution in [2.24, 2.45) is 0 Å². The number of anilines is 1. The van der Waals surface area contributed by atoms with Gasteiger partial charge in [0.05, 0.1) is 5.30 Å². The maximum atomic E-state index is 11.0. The Hall–Kier alpha value is 0.210. The van der Waals surface area contributed by atoms with E-state index in [-0.39, 0.29) is 29.6 Å². The molecule has 0 amide bonds.